The molecule has 0 saturated carbocycles. The van der Waals surface area contributed by atoms with Gasteiger partial charge in [-0.3, -0.25) is 0 Å². The van der Waals surface area contributed by atoms with Crippen LogP contribution in [0.25, 0.3) is 0 Å². The minimum atomic E-state index is -3.72. The number of hydrogen-bond donors (Lipinski definition) is 2. The first-order valence-electron chi connectivity index (χ1n) is 5.25. The van der Waals surface area contributed by atoms with Gasteiger partial charge in [-0.15, -0.1) is 0 Å². The normalized spacial score (nSPS) is 11.4. The molecule has 0 amide bonds. The SMILES string of the molecule is Cc1ccc(S(=O)(=O)c2cccc(O)c2)cc1O. The maximum atomic E-state index is 12.2. The zero-order valence-electron chi connectivity index (χ0n) is 9.66. The van der Waals surface area contributed by atoms with Crippen LogP contribution < -0.4 is 0 Å². The highest BCUT2D eigenvalue weighted by molar-refractivity contribution is 7.91. The van der Waals surface area contributed by atoms with Crippen molar-refractivity contribution in [3.8, 4) is 11.5 Å². The van der Waals surface area contributed by atoms with E-state index < -0.39 is 9.84 Å². The van der Waals surface area contributed by atoms with E-state index in [4.69, 9.17) is 0 Å². The number of phenols is 2. The van der Waals surface area contributed by atoms with Gasteiger partial charge < -0.3 is 10.2 Å². The first-order valence-corrected chi connectivity index (χ1v) is 6.73. The van der Waals surface area contributed by atoms with Crippen molar-refractivity contribution in [2.24, 2.45) is 0 Å². The average molecular weight is 264 g/mol. The van der Waals surface area contributed by atoms with E-state index in [2.05, 4.69) is 0 Å². The molecule has 2 rings (SSSR count). The van der Waals surface area contributed by atoms with Crippen LogP contribution in [-0.2, 0) is 9.84 Å². The molecule has 0 saturated heterocycles. The smallest absolute Gasteiger partial charge is 0.206 e. The highest BCUT2D eigenvalue weighted by atomic mass is 32.2. The zero-order valence-corrected chi connectivity index (χ0v) is 10.5. The highest BCUT2D eigenvalue weighted by Gasteiger charge is 2.18. The van der Waals surface area contributed by atoms with Crippen molar-refractivity contribution < 1.29 is 18.6 Å². The van der Waals surface area contributed by atoms with E-state index in [0.717, 1.165) is 0 Å². The Labute approximate surface area is 105 Å². The van der Waals surface area contributed by atoms with Gasteiger partial charge in [0, 0.05) is 0 Å². The molecule has 2 aromatic rings. The molecule has 18 heavy (non-hydrogen) atoms. The van der Waals surface area contributed by atoms with Crippen molar-refractivity contribution in [3.05, 3.63) is 48.0 Å². The largest absolute Gasteiger partial charge is 0.508 e. The minimum absolute atomic E-state index is 0.00352. The Morgan fingerprint density at radius 3 is 2.22 bits per heavy atom. The molecule has 0 aliphatic rings. The van der Waals surface area contributed by atoms with Crippen LogP contribution in [-0.4, -0.2) is 18.6 Å². The monoisotopic (exact) mass is 264 g/mol. The van der Waals surface area contributed by atoms with Crippen molar-refractivity contribution in [3.63, 3.8) is 0 Å². The third-order valence-corrected chi connectivity index (χ3v) is 4.37. The summed E-state index contributed by atoms with van der Waals surface area (Å²) in [6.07, 6.45) is 0. The maximum Gasteiger partial charge on any atom is 0.206 e. The predicted octanol–water partition coefficient (Wildman–Crippen LogP) is 2.24. The van der Waals surface area contributed by atoms with Crippen LogP contribution >= 0.6 is 0 Å². The summed E-state index contributed by atoms with van der Waals surface area (Å²) in [5, 5.41) is 18.9. The number of aryl methyl sites for hydroxylation is 1. The number of aromatic hydroxyl groups is 2. The second kappa shape index (κ2) is 4.34. The van der Waals surface area contributed by atoms with E-state index in [1.54, 1.807) is 6.92 Å². The molecule has 4 nitrogen and oxygen atoms in total. The minimum Gasteiger partial charge on any atom is -0.508 e. The molecule has 0 unspecified atom stereocenters. The van der Waals surface area contributed by atoms with Gasteiger partial charge >= 0.3 is 0 Å². The lowest BCUT2D eigenvalue weighted by molar-refractivity contribution is 0.469. The van der Waals surface area contributed by atoms with Crippen LogP contribution in [0.1, 0.15) is 5.56 Å². The number of rotatable bonds is 2. The van der Waals surface area contributed by atoms with Crippen molar-refractivity contribution in [1.82, 2.24) is 0 Å². The molecule has 0 radical (unpaired) electrons. The summed E-state index contributed by atoms with van der Waals surface area (Å²) in [7, 11) is -3.72. The molecule has 0 atom stereocenters. The molecule has 2 aromatic carbocycles. The molecule has 0 bridgehead atoms. The van der Waals surface area contributed by atoms with Gasteiger partial charge in [0.25, 0.3) is 0 Å². The number of benzene rings is 2. The summed E-state index contributed by atoms with van der Waals surface area (Å²) in [6.45, 7) is 1.68. The second-order valence-corrected chi connectivity index (χ2v) is 5.90. The van der Waals surface area contributed by atoms with Crippen LogP contribution in [0.3, 0.4) is 0 Å². The van der Waals surface area contributed by atoms with Crippen LogP contribution in [0, 0.1) is 6.92 Å². The molecule has 0 spiro atoms. The third kappa shape index (κ3) is 2.17. The van der Waals surface area contributed by atoms with Gasteiger partial charge in [-0.25, -0.2) is 8.42 Å². The summed E-state index contributed by atoms with van der Waals surface area (Å²) < 4.78 is 24.5. The van der Waals surface area contributed by atoms with Gasteiger partial charge in [-0.1, -0.05) is 12.1 Å². The lowest BCUT2D eigenvalue weighted by atomic mass is 10.2. The Morgan fingerprint density at radius 2 is 1.61 bits per heavy atom. The molecule has 0 aromatic heterocycles. The average Bonchev–Trinajstić information content (AvgIpc) is 2.32. The predicted molar refractivity (Wildman–Crippen MR) is 66.4 cm³/mol. The van der Waals surface area contributed by atoms with E-state index in [1.165, 1.54) is 42.5 Å². The highest BCUT2D eigenvalue weighted by Crippen LogP contribution is 2.27. The van der Waals surface area contributed by atoms with Gasteiger partial charge in [0.2, 0.25) is 9.84 Å². The first kappa shape index (κ1) is 12.4. The quantitative estimate of drug-likeness (QED) is 0.872. The van der Waals surface area contributed by atoms with Crippen LogP contribution in [0.4, 0.5) is 0 Å². The van der Waals surface area contributed by atoms with Crippen LogP contribution in [0.5, 0.6) is 11.5 Å². The van der Waals surface area contributed by atoms with E-state index in [0.29, 0.717) is 5.56 Å². The summed E-state index contributed by atoms with van der Waals surface area (Å²) >= 11 is 0. The second-order valence-electron chi connectivity index (χ2n) is 3.95. The lowest BCUT2D eigenvalue weighted by Gasteiger charge is -2.06. The Hall–Kier alpha value is -2.01. The molecular formula is C13H12O4S. The van der Waals surface area contributed by atoms with Crippen LogP contribution in [0.15, 0.2) is 52.3 Å². The van der Waals surface area contributed by atoms with Crippen molar-refractivity contribution in [2.75, 3.05) is 0 Å². The summed E-state index contributed by atoms with van der Waals surface area (Å²) in [4.78, 5) is -0.0121. The molecule has 0 heterocycles. The van der Waals surface area contributed by atoms with Crippen molar-refractivity contribution >= 4 is 9.84 Å². The Bertz CT molecular complexity index is 690. The zero-order chi connectivity index (χ0) is 13.3. The van der Waals surface area contributed by atoms with Gasteiger partial charge in [0.05, 0.1) is 9.79 Å². The molecular weight excluding hydrogens is 252 g/mol. The fraction of sp³-hybridized carbons (Fsp3) is 0.0769. The summed E-state index contributed by atoms with van der Waals surface area (Å²) in [5.41, 5.74) is 0.602. The fourth-order valence-electron chi connectivity index (χ4n) is 1.54. The third-order valence-electron chi connectivity index (χ3n) is 2.62. The fourth-order valence-corrected chi connectivity index (χ4v) is 2.86. The van der Waals surface area contributed by atoms with Gasteiger partial charge in [-0.05, 0) is 42.8 Å². The Balaban J connectivity index is 2.58. The van der Waals surface area contributed by atoms with Gasteiger partial charge in [0.15, 0.2) is 0 Å². The molecule has 94 valence electrons. The summed E-state index contributed by atoms with van der Waals surface area (Å²) in [5.74, 6) is -0.191. The number of sulfone groups is 1. The lowest BCUT2D eigenvalue weighted by Crippen LogP contribution is -2.01. The topological polar surface area (TPSA) is 74.6 Å². The Kier molecular flexibility index (Phi) is 3.00. The molecule has 0 fully saturated rings. The van der Waals surface area contributed by atoms with Crippen molar-refractivity contribution in [1.29, 1.82) is 0 Å². The van der Waals surface area contributed by atoms with E-state index in [-0.39, 0.29) is 21.3 Å². The number of phenolic OH excluding ortho intramolecular Hbond substituents is 2. The van der Waals surface area contributed by atoms with Gasteiger partial charge in [0.1, 0.15) is 11.5 Å². The van der Waals surface area contributed by atoms with Crippen molar-refractivity contribution in [2.45, 2.75) is 16.7 Å². The van der Waals surface area contributed by atoms with E-state index in [9.17, 15) is 18.6 Å². The van der Waals surface area contributed by atoms with Gasteiger partial charge in [-0.2, -0.15) is 0 Å². The first-order chi connectivity index (χ1) is 8.41. The maximum absolute atomic E-state index is 12.2. The van der Waals surface area contributed by atoms with E-state index in [1.807, 2.05) is 0 Å². The van der Waals surface area contributed by atoms with Crippen LogP contribution in [0.2, 0.25) is 0 Å². The molecule has 0 aliphatic heterocycles. The van der Waals surface area contributed by atoms with E-state index >= 15 is 0 Å². The summed E-state index contributed by atoms with van der Waals surface area (Å²) in [6, 6.07) is 9.58. The molecule has 2 N–H and O–H groups in total. The number of hydrogen-bond acceptors (Lipinski definition) is 4. The Morgan fingerprint density at radius 1 is 0.944 bits per heavy atom. The molecule has 0 aliphatic carbocycles. The molecule has 5 heteroatoms. The standard InChI is InChI=1S/C13H12O4S/c1-9-5-6-12(8-13(9)15)18(16,17)11-4-2-3-10(14)7-11/h2-8,14-15H,1H3.